The van der Waals surface area contributed by atoms with Crippen molar-refractivity contribution in [1.82, 2.24) is 10.2 Å². The molecule has 0 atom stereocenters. The molecule has 1 N–H and O–H groups in total. The maximum absolute atomic E-state index is 4.03. The van der Waals surface area contributed by atoms with Gasteiger partial charge in [-0.05, 0) is 6.07 Å². The minimum atomic E-state index is 0.574. The van der Waals surface area contributed by atoms with Gasteiger partial charge in [0.25, 0.3) is 0 Å². The number of nitrogens with zero attached hydrogens (tertiary/aromatic N) is 1. The topological polar surface area (TPSA) is 28.7 Å². The molecule has 3 heteroatoms. The standard InChI is InChI=1S/C10H8N2S/c13-6-2-5-8-3-1-4-9-7-11-12-10(8)9/h1,3-4,7,13H,6H2,(H,11,12). The molecule has 0 fully saturated rings. The van der Waals surface area contributed by atoms with Gasteiger partial charge in [0.2, 0.25) is 0 Å². The van der Waals surface area contributed by atoms with Crippen molar-refractivity contribution >= 4 is 23.5 Å². The van der Waals surface area contributed by atoms with E-state index in [2.05, 4.69) is 34.7 Å². The number of H-pyrrole nitrogens is 1. The Labute approximate surface area is 81.8 Å². The van der Waals surface area contributed by atoms with Crippen molar-refractivity contribution in [3.8, 4) is 11.8 Å². The summed E-state index contributed by atoms with van der Waals surface area (Å²) in [6, 6.07) is 5.95. The molecule has 0 aliphatic heterocycles. The van der Waals surface area contributed by atoms with Crippen LogP contribution in [0.25, 0.3) is 10.9 Å². The molecule has 0 unspecified atom stereocenters. The van der Waals surface area contributed by atoms with Crippen LogP contribution in [-0.2, 0) is 0 Å². The van der Waals surface area contributed by atoms with Crippen molar-refractivity contribution in [3.63, 3.8) is 0 Å². The summed E-state index contributed by atoms with van der Waals surface area (Å²) in [5.41, 5.74) is 1.97. The van der Waals surface area contributed by atoms with Gasteiger partial charge >= 0.3 is 0 Å². The summed E-state index contributed by atoms with van der Waals surface area (Å²) in [5, 5.41) is 7.97. The molecular weight excluding hydrogens is 180 g/mol. The Morgan fingerprint density at radius 1 is 1.46 bits per heavy atom. The van der Waals surface area contributed by atoms with Crippen LogP contribution in [0.1, 0.15) is 5.56 Å². The maximum Gasteiger partial charge on any atom is 0.0806 e. The zero-order valence-electron chi connectivity index (χ0n) is 6.91. The lowest BCUT2D eigenvalue weighted by Gasteiger charge is -1.91. The molecule has 2 nitrogen and oxygen atoms in total. The van der Waals surface area contributed by atoms with E-state index in [0.717, 1.165) is 16.5 Å². The van der Waals surface area contributed by atoms with E-state index < -0.39 is 0 Å². The third-order valence-electron chi connectivity index (χ3n) is 1.78. The van der Waals surface area contributed by atoms with E-state index in [1.54, 1.807) is 6.20 Å². The number of benzene rings is 1. The first-order valence-corrected chi connectivity index (χ1v) is 4.57. The summed E-state index contributed by atoms with van der Waals surface area (Å²) in [7, 11) is 0. The molecule has 1 aromatic heterocycles. The van der Waals surface area contributed by atoms with E-state index in [1.165, 1.54) is 0 Å². The Morgan fingerprint density at radius 2 is 2.38 bits per heavy atom. The molecule has 0 amide bonds. The van der Waals surface area contributed by atoms with Crippen molar-refractivity contribution in [2.24, 2.45) is 0 Å². The van der Waals surface area contributed by atoms with Crippen molar-refractivity contribution in [2.45, 2.75) is 0 Å². The third-order valence-corrected chi connectivity index (χ3v) is 1.94. The summed E-state index contributed by atoms with van der Waals surface area (Å²) < 4.78 is 0. The molecule has 0 aliphatic rings. The molecule has 2 rings (SSSR count). The second kappa shape index (κ2) is 3.55. The van der Waals surface area contributed by atoms with E-state index >= 15 is 0 Å². The Bertz CT molecular complexity index is 476. The summed E-state index contributed by atoms with van der Waals surface area (Å²) in [6.45, 7) is 0. The quantitative estimate of drug-likeness (QED) is 0.479. The molecule has 0 radical (unpaired) electrons. The molecule has 13 heavy (non-hydrogen) atoms. The predicted octanol–water partition coefficient (Wildman–Crippen LogP) is 1.84. The molecule has 2 aromatic rings. The normalized spacial score (nSPS) is 9.62. The van der Waals surface area contributed by atoms with Crippen LogP contribution in [0.5, 0.6) is 0 Å². The minimum absolute atomic E-state index is 0.574. The molecule has 0 bridgehead atoms. The van der Waals surface area contributed by atoms with Gasteiger partial charge < -0.3 is 0 Å². The molecule has 0 spiro atoms. The molecule has 1 heterocycles. The Balaban J connectivity index is 2.61. The number of aromatic nitrogens is 2. The third kappa shape index (κ3) is 1.53. The molecular formula is C10H8N2S. The van der Waals surface area contributed by atoms with Crippen LogP contribution in [0.4, 0.5) is 0 Å². The van der Waals surface area contributed by atoms with Crippen LogP contribution in [0.15, 0.2) is 24.4 Å². The summed E-state index contributed by atoms with van der Waals surface area (Å²) in [6.07, 6.45) is 1.79. The van der Waals surface area contributed by atoms with E-state index in [9.17, 15) is 0 Å². The summed E-state index contributed by atoms with van der Waals surface area (Å²) in [4.78, 5) is 0. The molecule has 1 aromatic carbocycles. The summed E-state index contributed by atoms with van der Waals surface area (Å²) >= 11 is 4.03. The van der Waals surface area contributed by atoms with Crippen LogP contribution >= 0.6 is 12.6 Å². The smallest absolute Gasteiger partial charge is 0.0806 e. The van der Waals surface area contributed by atoms with Crippen LogP contribution in [0, 0.1) is 11.8 Å². The highest BCUT2D eigenvalue weighted by atomic mass is 32.1. The van der Waals surface area contributed by atoms with Gasteiger partial charge in [-0.15, -0.1) is 0 Å². The number of fused-ring (bicyclic) bond motifs is 1. The number of hydrogen-bond donors (Lipinski definition) is 2. The first-order valence-electron chi connectivity index (χ1n) is 3.93. The second-order valence-electron chi connectivity index (χ2n) is 2.60. The Kier molecular flexibility index (Phi) is 2.24. The Hall–Kier alpha value is -1.40. The SMILES string of the molecule is SCC#Cc1cccc2cn[nH]c12. The highest BCUT2D eigenvalue weighted by Gasteiger charge is 1.97. The van der Waals surface area contributed by atoms with E-state index in [4.69, 9.17) is 0 Å². The van der Waals surface area contributed by atoms with Crippen molar-refractivity contribution < 1.29 is 0 Å². The number of hydrogen-bond acceptors (Lipinski definition) is 2. The first kappa shape index (κ1) is 8.21. The van der Waals surface area contributed by atoms with Crippen LogP contribution in [0.2, 0.25) is 0 Å². The van der Waals surface area contributed by atoms with E-state index in [-0.39, 0.29) is 0 Å². The number of rotatable bonds is 0. The van der Waals surface area contributed by atoms with Gasteiger partial charge in [-0.25, -0.2) is 0 Å². The average molecular weight is 188 g/mol. The first-order chi connectivity index (χ1) is 6.42. The number of nitrogens with one attached hydrogen (secondary N) is 1. The van der Waals surface area contributed by atoms with Crippen LogP contribution in [-0.4, -0.2) is 16.0 Å². The number of thiol groups is 1. The van der Waals surface area contributed by atoms with Crippen molar-refractivity contribution in [1.29, 1.82) is 0 Å². The van der Waals surface area contributed by atoms with Crippen molar-refractivity contribution in [3.05, 3.63) is 30.0 Å². The van der Waals surface area contributed by atoms with Crippen molar-refractivity contribution in [2.75, 3.05) is 5.75 Å². The fourth-order valence-corrected chi connectivity index (χ4v) is 1.29. The number of aromatic amines is 1. The van der Waals surface area contributed by atoms with Gasteiger partial charge in [0.1, 0.15) is 0 Å². The van der Waals surface area contributed by atoms with Gasteiger partial charge in [0.15, 0.2) is 0 Å². The van der Waals surface area contributed by atoms with E-state index in [0.29, 0.717) is 5.75 Å². The molecule has 0 saturated carbocycles. The monoisotopic (exact) mass is 188 g/mol. The molecule has 64 valence electrons. The molecule has 0 saturated heterocycles. The maximum atomic E-state index is 4.03. The van der Waals surface area contributed by atoms with E-state index in [1.807, 2.05) is 18.2 Å². The zero-order valence-corrected chi connectivity index (χ0v) is 7.81. The van der Waals surface area contributed by atoms with Crippen LogP contribution < -0.4 is 0 Å². The largest absolute Gasteiger partial charge is 0.277 e. The fraction of sp³-hybridized carbons (Fsp3) is 0.100. The summed E-state index contributed by atoms with van der Waals surface area (Å²) in [5.74, 6) is 6.51. The van der Waals surface area contributed by atoms with Gasteiger partial charge in [0, 0.05) is 5.39 Å². The van der Waals surface area contributed by atoms with Gasteiger partial charge in [-0.3, -0.25) is 5.10 Å². The molecule has 0 aliphatic carbocycles. The average Bonchev–Trinajstić information content (AvgIpc) is 2.62. The predicted molar refractivity (Wildman–Crippen MR) is 56.8 cm³/mol. The highest BCUT2D eigenvalue weighted by molar-refractivity contribution is 7.80. The highest BCUT2D eigenvalue weighted by Crippen LogP contribution is 2.13. The lowest BCUT2D eigenvalue weighted by molar-refractivity contribution is 1.12. The second-order valence-corrected chi connectivity index (χ2v) is 2.92. The van der Waals surface area contributed by atoms with Crippen LogP contribution in [0.3, 0.4) is 0 Å². The zero-order chi connectivity index (χ0) is 9.10. The van der Waals surface area contributed by atoms with Gasteiger partial charge in [-0.1, -0.05) is 24.0 Å². The fourth-order valence-electron chi connectivity index (χ4n) is 1.21. The number of para-hydroxylation sites is 1. The van der Waals surface area contributed by atoms with Gasteiger partial charge in [0.05, 0.1) is 23.0 Å². The lowest BCUT2D eigenvalue weighted by Crippen LogP contribution is -1.78. The minimum Gasteiger partial charge on any atom is -0.277 e. The lowest BCUT2D eigenvalue weighted by atomic mass is 10.1. The Morgan fingerprint density at radius 3 is 3.23 bits per heavy atom. The van der Waals surface area contributed by atoms with Gasteiger partial charge in [-0.2, -0.15) is 17.7 Å².